The topological polar surface area (TPSA) is 57.0 Å². The number of methoxy groups -OCH3 is 1. The predicted octanol–water partition coefficient (Wildman–Crippen LogP) is 4.30. The lowest BCUT2D eigenvalue weighted by Crippen LogP contribution is -2.16. The molecule has 5 nitrogen and oxygen atoms in total. The lowest BCUT2D eigenvalue weighted by Gasteiger charge is -2.12. The monoisotopic (exact) mass is 387 g/mol. The van der Waals surface area contributed by atoms with Gasteiger partial charge in [0.25, 0.3) is 0 Å². The molecule has 0 aliphatic heterocycles. The van der Waals surface area contributed by atoms with Crippen molar-refractivity contribution in [1.82, 2.24) is 14.8 Å². The first kappa shape index (κ1) is 18.5. The Labute approximate surface area is 161 Å². The number of carbonyl (C=O) groups is 1. The van der Waals surface area contributed by atoms with Crippen molar-refractivity contribution >= 4 is 29.3 Å². The average Bonchev–Trinajstić information content (AvgIpc) is 3.04. The van der Waals surface area contributed by atoms with Crippen molar-refractivity contribution < 1.29 is 9.53 Å². The van der Waals surface area contributed by atoms with E-state index < -0.39 is 0 Å². The molecule has 0 amide bonds. The number of benzene rings is 2. The number of esters is 1. The fourth-order valence-corrected chi connectivity index (χ4v) is 3.47. The van der Waals surface area contributed by atoms with E-state index in [1.807, 2.05) is 59.2 Å². The Kier molecular flexibility index (Phi) is 5.96. The molecule has 1 heterocycles. The summed E-state index contributed by atoms with van der Waals surface area (Å²) in [7, 11) is 1.38. The van der Waals surface area contributed by atoms with Gasteiger partial charge >= 0.3 is 5.97 Å². The first-order valence-electron chi connectivity index (χ1n) is 8.06. The number of ether oxygens (including phenoxy) is 1. The Hall–Kier alpha value is -2.31. The van der Waals surface area contributed by atoms with Gasteiger partial charge in [0.15, 0.2) is 11.0 Å². The molecule has 0 N–H and O–H groups in total. The zero-order valence-electron chi connectivity index (χ0n) is 14.4. The molecule has 0 bridgehead atoms. The van der Waals surface area contributed by atoms with E-state index in [2.05, 4.69) is 10.2 Å². The van der Waals surface area contributed by atoms with Crippen LogP contribution in [-0.4, -0.2) is 33.1 Å². The first-order valence-corrected chi connectivity index (χ1v) is 9.32. The van der Waals surface area contributed by atoms with Crippen molar-refractivity contribution in [2.75, 3.05) is 7.11 Å². The second kappa shape index (κ2) is 8.38. The molecular weight excluding hydrogens is 370 g/mol. The molecule has 0 spiro atoms. The zero-order valence-corrected chi connectivity index (χ0v) is 16.0. The SMILES string of the molecule is COC(=O)[C@@H](C)Sc1nnc(-c2ccc(Cl)cc2)n1Cc1ccccc1. The van der Waals surface area contributed by atoms with Crippen LogP contribution in [0.3, 0.4) is 0 Å². The number of thioether (sulfide) groups is 1. The highest BCUT2D eigenvalue weighted by Crippen LogP contribution is 2.28. The van der Waals surface area contributed by atoms with Crippen molar-refractivity contribution in [2.45, 2.75) is 23.9 Å². The summed E-state index contributed by atoms with van der Waals surface area (Å²) in [5.41, 5.74) is 2.03. The summed E-state index contributed by atoms with van der Waals surface area (Å²) in [6, 6.07) is 17.5. The van der Waals surface area contributed by atoms with Gasteiger partial charge < -0.3 is 4.74 Å². The maximum absolute atomic E-state index is 11.8. The molecule has 0 radical (unpaired) electrons. The molecular formula is C19H18ClN3O2S. The molecule has 0 fully saturated rings. The van der Waals surface area contributed by atoms with E-state index in [1.54, 1.807) is 6.92 Å². The van der Waals surface area contributed by atoms with Crippen LogP contribution in [0.2, 0.25) is 5.02 Å². The van der Waals surface area contributed by atoms with Gasteiger partial charge in [-0.05, 0) is 36.8 Å². The lowest BCUT2D eigenvalue weighted by atomic mass is 10.2. The molecule has 26 heavy (non-hydrogen) atoms. The molecule has 0 unspecified atom stereocenters. The summed E-state index contributed by atoms with van der Waals surface area (Å²) in [6.45, 7) is 2.39. The number of hydrogen-bond donors (Lipinski definition) is 0. The van der Waals surface area contributed by atoms with E-state index in [0.29, 0.717) is 16.7 Å². The highest BCUT2D eigenvalue weighted by atomic mass is 35.5. The predicted molar refractivity (Wildman–Crippen MR) is 103 cm³/mol. The van der Waals surface area contributed by atoms with Crippen LogP contribution in [0.4, 0.5) is 0 Å². The average molecular weight is 388 g/mol. The summed E-state index contributed by atoms with van der Waals surface area (Å²) in [6.07, 6.45) is 0. The minimum absolute atomic E-state index is 0.294. The molecule has 0 saturated carbocycles. The number of aromatic nitrogens is 3. The van der Waals surface area contributed by atoms with Crippen molar-refractivity contribution in [1.29, 1.82) is 0 Å². The fraction of sp³-hybridized carbons (Fsp3) is 0.211. The molecule has 0 saturated heterocycles. The number of rotatable bonds is 6. The van der Waals surface area contributed by atoms with Gasteiger partial charge in [0, 0.05) is 10.6 Å². The van der Waals surface area contributed by atoms with Crippen LogP contribution in [0.25, 0.3) is 11.4 Å². The molecule has 1 aromatic heterocycles. The van der Waals surface area contributed by atoms with Crippen LogP contribution in [-0.2, 0) is 16.1 Å². The Bertz CT molecular complexity index is 882. The second-order valence-electron chi connectivity index (χ2n) is 5.67. The van der Waals surface area contributed by atoms with Gasteiger partial charge in [-0.3, -0.25) is 9.36 Å². The molecule has 134 valence electrons. The number of hydrogen-bond acceptors (Lipinski definition) is 5. The molecule has 2 aromatic carbocycles. The smallest absolute Gasteiger partial charge is 0.318 e. The molecule has 0 aliphatic rings. The van der Waals surface area contributed by atoms with Crippen LogP contribution in [0.15, 0.2) is 59.8 Å². The van der Waals surface area contributed by atoms with Gasteiger partial charge in [-0.1, -0.05) is 53.7 Å². The van der Waals surface area contributed by atoms with Crippen molar-refractivity contribution in [3.63, 3.8) is 0 Å². The van der Waals surface area contributed by atoms with Gasteiger partial charge in [0.2, 0.25) is 0 Å². The summed E-state index contributed by atoms with van der Waals surface area (Å²) in [5, 5.41) is 9.60. The van der Waals surface area contributed by atoms with Gasteiger partial charge in [0.1, 0.15) is 5.25 Å². The van der Waals surface area contributed by atoms with Crippen molar-refractivity contribution in [2.24, 2.45) is 0 Å². The second-order valence-corrected chi connectivity index (χ2v) is 7.41. The number of carbonyl (C=O) groups excluding carboxylic acids is 1. The standard InChI is InChI=1S/C19H18ClN3O2S/c1-13(18(24)25-2)26-19-22-21-17(15-8-10-16(20)11-9-15)23(19)12-14-6-4-3-5-7-14/h3-11,13H,12H2,1-2H3/t13-/m1/s1. The quantitative estimate of drug-likeness (QED) is 0.466. The van der Waals surface area contributed by atoms with Gasteiger partial charge in [-0.25, -0.2) is 0 Å². The summed E-state index contributed by atoms with van der Waals surface area (Å²) in [5.74, 6) is 0.433. The van der Waals surface area contributed by atoms with E-state index in [4.69, 9.17) is 16.3 Å². The highest BCUT2D eigenvalue weighted by Gasteiger charge is 2.21. The Morgan fingerprint density at radius 1 is 1.15 bits per heavy atom. The third-order valence-electron chi connectivity index (χ3n) is 3.82. The van der Waals surface area contributed by atoms with Crippen LogP contribution in [0.5, 0.6) is 0 Å². The summed E-state index contributed by atoms with van der Waals surface area (Å²) in [4.78, 5) is 11.8. The van der Waals surface area contributed by atoms with Crippen molar-refractivity contribution in [3.8, 4) is 11.4 Å². The van der Waals surface area contributed by atoms with Gasteiger partial charge in [-0.15, -0.1) is 10.2 Å². The maximum atomic E-state index is 11.8. The van der Waals surface area contributed by atoms with Gasteiger partial charge in [0.05, 0.1) is 13.7 Å². The Balaban J connectivity index is 1.98. The summed E-state index contributed by atoms with van der Waals surface area (Å²) >= 11 is 7.32. The van der Waals surface area contributed by atoms with E-state index in [9.17, 15) is 4.79 Å². The molecule has 0 aliphatic carbocycles. The van der Waals surface area contributed by atoms with Crippen molar-refractivity contribution in [3.05, 3.63) is 65.2 Å². The van der Waals surface area contributed by atoms with Crippen LogP contribution < -0.4 is 0 Å². The molecule has 7 heteroatoms. The number of halogens is 1. The zero-order chi connectivity index (χ0) is 18.5. The molecule has 1 atom stereocenters. The lowest BCUT2D eigenvalue weighted by molar-refractivity contribution is -0.139. The third-order valence-corrected chi connectivity index (χ3v) is 5.13. The highest BCUT2D eigenvalue weighted by molar-refractivity contribution is 8.00. The van der Waals surface area contributed by atoms with Crippen LogP contribution in [0, 0.1) is 0 Å². The Morgan fingerprint density at radius 3 is 2.50 bits per heavy atom. The van der Waals surface area contributed by atoms with E-state index in [1.165, 1.54) is 18.9 Å². The fourth-order valence-electron chi connectivity index (χ4n) is 2.47. The van der Waals surface area contributed by atoms with Crippen LogP contribution >= 0.6 is 23.4 Å². The van der Waals surface area contributed by atoms with Gasteiger partial charge in [-0.2, -0.15) is 0 Å². The maximum Gasteiger partial charge on any atom is 0.318 e. The summed E-state index contributed by atoms with van der Waals surface area (Å²) < 4.78 is 6.82. The van der Waals surface area contributed by atoms with E-state index in [0.717, 1.165) is 17.0 Å². The molecule has 3 rings (SSSR count). The normalized spacial score (nSPS) is 12.0. The van der Waals surface area contributed by atoms with E-state index >= 15 is 0 Å². The van der Waals surface area contributed by atoms with Crippen LogP contribution in [0.1, 0.15) is 12.5 Å². The molecule has 3 aromatic rings. The largest absolute Gasteiger partial charge is 0.468 e. The minimum Gasteiger partial charge on any atom is -0.468 e. The number of nitrogens with zero attached hydrogens (tertiary/aromatic N) is 3. The Morgan fingerprint density at radius 2 is 1.85 bits per heavy atom. The third kappa shape index (κ3) is 4.26. The minimum atomic E-state index is -0.378. The first-order chi connectivity index (χ1) is 12.6. The van der Waals surface area contributed by atoms with E-state index in [-0.39, 0.29) is 11.2 Å².